The summed E-state index contributed by atoms with van der Waals surface area (Å²) in [5.41, 5.74) is 3.80. The highest BCUT2D eigenvalue weighted by atomic mass is 19.4. The number of nitrogens with zero attached hydrogens (tertiary/aromatic N) is 1. The number of ether oxygens (including phenoxy) is 1. The van der Waals surface area contributed by atoms with Gasteiger partial charge in [0.05, 0.1) is 6.20 Å². The van der Waals surface area contributed by atoms with Crippen molar-refractivity contribution < 1.29 is 27.5 Å². The van der Waals surface area contributed by atoms with E-state index in [1.807, 2.05) is 0 Å². The molecule has 0 saturated carbocycles. The van der Waals surface area contributed by atoms with E-state index < -0.39 is 29.5 Å². The molecule has 1 atom stereocenters. The van der Waals surface area contributed by atoms with Gasteiger partial charge < -0.3 is 15.8 Å². The summed E-state index contributed by atoms with van der Waals surface area (Å²) in [5, 5.41) is 2.44. The Bertz CT molecular complexity index is 558. The first-order valence-corrected chi connectivity index (χ1v) is 6.30. The van der Waals surface area contributed by atoms with Gasteiger partial charge in [0.15, 0.2) is 0 Å². The van der Waals surface area contributed by atoms with Gasteiger partial charge in [0.1, 0.15) is 17.0 Å². The van der Waals surface area contributed by atoms with Crippen LogP contribution in [0.4, 0.5) is 13.2 Å². The fourth-order valence-corrected chi connectivity index (χ4v) is 1.50. The number of hydrogen-bond donors (Lipinski definition) is 2. The van der Waals surface area contributed by atoms with Crippen molar-refractivity contribution in [2.24, 2.45) is 11.7 Å². The van der Waals surface area contributed by atoms with Crippen LogP contribution in [0.15, 0.2) is 18.3 Å². The molecule has 22 heavy (non-hydrogen) atoms. The zero-order chi connectivity index (χ0) is 17.1. The normalized spacial score (nSPS) is 14.3. The van der Waals surface area contributed by atoms with E-state index in [4.69, 9.17) is 5.73 Å². The highest BCUT2D eigenvalue weighted by Gasteiger charge is 2.37. The molecule has 2 amide bonds. The number of carbonyl (C=O) groups excluding carboxylic acids is 2. The lowest BCUT2D eigenvalue weighted by atomic mass is 9.87. The Balaban J connectivity index is 2.88. The quantitative estimate of drug-likeness (QED) is 0.862. The molecular formula is C13H16F3N3O3. The molecule has 0 radical (unpaired) electrons. The van der Waals surface area contributed by atoms with Crippen LogP contribution >= 0.6 is 0 Å². The number of aromatic nitrogens is 1. The molecule has 0 saturated heterocycles. The monoisotopic (exact) mass is 319 g/mol. The van der Waals surface area contributed by atoms with E-state index >= 15 is 0 Å². The summed E-state index contributed by atoms with van der Waals surface area (Å²) in [6.45, 7) is 4.84. The molecule has 1 aromatic rings. The second-order valence-corrected chi connectivity index (χ2v) is 5.10. The smallest absolute Gasteiger partial charge is 0.404 e. The van der Waals surface area contributed by atoms with Gasteiger partial charge in [-0.3, -0.25) is 9.59 Å². The summed E-state index contributed by atoms with van der Waals surface area (Å²) in [7, 11) is 0. The molecule has 0 aliphatic heterocycles. The molecule has 1 heterocycles. The van der Waals surface area contributed by atoms with Gasteiger partial charge in [-0.2, -0.15) is 0 Å². The number of pyridine rings is 1. The van der Waals surface area contributed by atoms with Gasteiger partial charge in [-0.05, 0) is 25.0 Å². The van der Waals surface area contributed by atoms with E-state index in [1.165, 1.54) is 6.92 Å². The van der Waals surface area contributed by atoms with Gasteiger partial charge in [0.2, 0.25) is 5.91 Å². The second kappa shape index (κ2) is 6.20. The number of primary amides is 1. The summed E-state index contributed by atoms with van der Waals surface area (Å²) in [5.74, 6) is -2.30. The minimum absolute atomic E-state index is 0.164. The van der Waals surface area contributed by atoms with Crippen molar-refractivity contribution in [3.8, 4) is 5.75 Å². The number of nitrogens with two attached hydrogens (primary N) is 1. The molecule has 3 N–H and O–H groups in total. The minimum Gasteiger partial charge on any atom is -0.404 e. The number of hydrogen-bond acceptors (Lipinski definition) is 4. The molecule has 0 aromatic carbocycles. The predicted molar refractivity (Wildman–Crippen MR) is 70.8 cm³/mol. The summed E-state index contributed by atoms with van der Waals surface area (Å²) in [6, 6.07) is 2.00. The summed E-state index contributed by atoms with van der Waals surface area (Å²) in [4.78, 5) is 27.1. The summed E-state index contributed by atoms with van der Waals surface area (Å²) >= 11 is 0. The fraction of sp³-hybridized carbons (Fsp3) is 0.462. The Morgan fingerprint density at radius 3 is 2.27 bits per heavy atom. The fourth-order valence-electron chi connectivity index (χ4n) is 1.50. The Morgan fingerprint density at radius 1 is 1.32 bits per heavy atom. The Labute approximate surface area is 124 Å². The zero-order valence-electron chi connectivity index (χ0n) is 12.2. The maximum atomic E-state index is 12.0. The highest BCUT2D eigenvalue weighted by Crippen LogP contribution is 2.22. The third-order valence-electron chi connectivity index (χ3n) is 3.24. The van der Waals surface area contributed by atoms with E-state index in [0.717, 1.165) is 18.3 Å². The maximum absolute atomic E-state index is 12.0. The van der Waals surface area contributed by atoms with Crippen molar-refractivity contribution in [1.29, 1.82) is 0 Å². The Hall–Kier alpha value is -2.32. The number of rotatable bonds is 5. The van der Waals surface area contributed by atoms with Crippen molar-refractivity contribution in [2.45, 2.75) is 32.7 Å². The van der Waals surface area contributed by atoms with Crippen molar-refractivity contribution in [3.63, 3.8) is 0 Å². The Morgan fingerprint density at radius 2 is 1.91 bits per heavy atom. The molecule has 9 heteroatoms. The van der Waals surface area contributed by atoms with E-state index in [-0.39, 0.29) is 11.6 Å². The van der Waals surface area contributed by atoms with Crippen LogP contribution in [0, 0.1) is 5.92 Å². The number of carbonyl (C=O) groups is 2. The van der Waals surface area contributed by atoms with Gasteiger partial charge in [-0.1, -0.05) is 13.8 Å². The average molecular weight is 319 g/mol. The third kappa shape index (κ3) is 4.34. The molecule has 1 unspecified atom stereocenters. The van der Waals surface area contributed by atoms with Crippen molar-refractivity contribution in [1.82, 2.24) is 10.3 Å². The molecule has 122 valence electrons. The van der Waals surface area contributed by atoms with E-state index in [9.17, 15) is 22.8 Å². The predicted octanol–water partition coefficient (Wildman–Crippen LogP) is 1.61. The zero-order valence-corrected chi connectivity index (χ0v) is 12.2. The van der Waals surface area contributed by atoms with Crippen molar-refractivity contribution >= 4 is 11.8 Å². The van der Waals surface area contributed by atoms with Crippen LogP contribution in [-0.4, -0.2) is 28.7 Å². The molecule has 0 fully saturated rings. The second-order valence-electron chi connectivity index (χ2n) is 5.10. The van der Waals surface area contributed by atoms with Crippen LogP contribution in [0.2, 0.25) is 0 Å². The number of halogens is 3. The van der Waals surface area contributed by atoms with Crippen LogP contribution in [0.5, 0.6) is 5.75 Å². The molecule has 0 aliphatic rings. The van der Waals surface area contributed by atoms with Crippen LogP contribution < -0.4 is 15.8 Å². The van der Waals surface area contributed by atoms with Gasteiger partial charge in [-0.15, -0.1) is 13.2 Å². The lowest BCUT2D eigenvalue weighted by Crippen LogP contribution is -2.58. The topological polar surface area (TPSA) is 94.3 Å². The first kappa shape index (κ1) is 17.7. The first-order valence-electron chi connectivity index (χ1n) is 6.30. The average Bonchev–Trinajstić information content (AvgIpc) is 2.36. The molecule has 6 nitrogen and oxygen atoms in total. The SMILES string of the molecule is CC(C)C(C)(NC(=O)c1ccc(OC(F)(F)F)cn1)C(N)=O. The van der Waals surface area contributed by atoms with Crippen LogP contribution in [-0.2, 0) is 4.79 Å². The molecular weight excluding hydrogens is 303 g/mol. The molecule has 0 aliphatic carbocycles. The van der Waals surface area contributed by atoms with Crippen LogP contribution in [0.3, 0.4) is 0 Å². The standard InChI is InChI=1S/C13H16F3N3O3/c1-7(2)12(3,11(17)21)19-10(20)9-5-4-8(6-18-9)22-13(14,15)16/h4-7H,1-3H3,(H2,17,21)(H,19,20). The lowest BCUT2D eigenvalue weighted by Gasteiger charge is -2.31. The third-order valence-corrected chi connectivity index (χ3v) is 3.24. The number of amides is 2. The molecule has 0 bridgehead atoms. The largest absolute Gasteiger partial charge is 0.573 e. The molecule has 1 aromatic heterocycles. The van der Waals surface area contributed by atoms with Crippen LogP contribution in [0.1, 0.15) is 31.3 Å². The van der Waals surface area contributed by atoms with Gasteiger partial charge in [0, 0.05) is 0 Å². The van der Waals surface area contributed by atoms with Crippen molar-refractivity contribution in [2.75, 3.05) is 0 Å². The maximum Gasteiger partial charge on any atom is 0.573 e. The van der Waals surface area contributed by atoms with Gasteiger partial charge in [-0.25, -0.2) is 4.98 Å². The molecule has 0 spiro atoms. The Kier molecular flexibility index (Phi) is 5.00. The summed E-state index contributed by atoms with van der Waals surface area (Å²) in [6.07, 6.45) is -4.08. The van der Waals surface area contributed by atoms with E-state index in [1.54, 1.807) is 13.8 Å². The minimum atomic E-state index is -4.84. The first-order chi connectivity index (χ1) is 9.95. The lowest BCUT2D eigenvalue weighted by molar-refractivity contribution is -0.274. The number of alkyl halides is 3. The van der Waals surface area contributed by atoms with Gasteiger partial charge >= 0.3 is 6.36 Å². The number of nitrogens with one attached hydrogen (secondary N) is 1. The highest BCUT2D eigenvalue weighted by molar-refractivity contribution is 5.97. The van der Waals surface area contributed by atoms with Crippen molar-refractivity contribution in [3.05, 3.63) is 24.0 Å². The van der Waals surface area contributed by atoms with Gasteiger partial charge in [0.25, 0.3) is 5.91 Å². The van der Waals surface area contributed by atoms with Crippen LogP contribution in [0.25, 0.3) is 0 Å². The molecule has 1 rings (SSSR count). The van der Waals surface area contributed by atoms with E-state index in [2.05, 4.69) is 15.0 Å². The van der Waals surface area contributed by atoms with E-state index in [0.29, 0.717) is 0 Å². The summed E-state index contributed by atoms with van der Waals surface area (Å²) < 4.78 is 39.7.